The van der Waals surface area contributed by atoms with Crippen LogP contribution in [0.1, 0.15) is 31.7 Å². The number of hydrogen-bond acceptors (Lipinski definition) is 3. The van der Waals surface area contributed by atoms with Crippen molar-refractivity contribution in [1.29, 1.82) is 0 Å². The van der Waals surface area contributed by atoms with E-state index in [1.807, 2.05) is 42.6 Å². The lowest BCUT2D eigenvalue weighted by Gasteiger charge is -2.23. The van der Waals surface area contributed by atoms with Crippen molar-refractivity contribution in [3.63, 3.8) is 0 Å². The maximum Gasteiger partial charge on any atom is 0.471 e. The minimum Gasteiger partial charge on any atom is -0.348 e. The van der Waals surface area contributed by atoms with Gasteiger partial charge in [0.05, 0.1) is 0 Å². The van der Waals surface area contributed by atoms with E-state index >= 15 is 0 Å². The smallest absolute Gasteiger partial charge is 0.348 e. The summed E-state index contributed by atoms with van der Waals surface area (Å²) < 4.78 is 36.2. The summed E-state index contributed by atoms with van der Waals surface area (Å²) in [5.74, 6) is -1.87. The van der Waals surface area contributed by atoms with Gasteiger partial charge in [-0.1, -0.05) is 30.3 Å². The number of unbranched alkanes of at least 4 members (excludes halogenated alkanes) is 1. The highest BCUT2D eigenvalue weighted by atomic mass is 19.4. The van der Waals surface area contributed by atoms with Crippen molar-refractivity contribution in [2.45, 2.75) is 44.9 Å². The molecule has 7 heteroatoms. The highest BCUT2D eigenvalue weighted by molar-refractivity contribution is 5.81. The van der Waals surface area contributed by atoms with E-state index in [4.69, 9.17) is 5.73 Å². The van der Waals surface area contributed by atoms with E-state index in [1.165, 1.54) is 5.56 Å². The molecule has 0 fully saturated rings. The molecule has 1 aromatic carbocycles. The third-order valence-electron chi connectivity index (χ3n) is 3.59. The molecule has 136 valence electrons. The Bertz CT molecular complexity index is 478. The van der Waals surface area contributed by atoms with E-state index in [0.717, 1.165) is 26.1 Å². The Morgan fingerprint density at radius 2 is 1.88 bits per heavy atom. The molecule has 1 aromatic rings. The van der Waals surface area contributed by atoms with Gasteiger partial charge in [0, 0.05) is 19.1 Å². The van der Waals surface area contributed by atoms with Crippen molar-refractivity contribution in [2.24, 2.45) is 5.73 Å². The van der Waals surface area contributed by atoms with Gasteiger partial charge >= 0.3 is 12.1 Å². The van der Waals surface area contributed by atoms with Crippen molar-refractivity contribution in [3.8, 4) is 0 Å². The summed E-state index contributed by atoms with van der Waals surface area (Å²) in [4.78, 5) is 13.0. The molecular weight excluding hydrogens is 319 g/mol. The van der Waals surface area contributed by atoms with Crippen LogP contribution >= 0.6 is 0 Å². The van der Waals surface area contributed by atoms with E-state index in [-0.39, 0.29) is 12.6 Å². The Morgan fingerprint density at radius 1 is 1.21 bits per heavy atom. The monoisotopic (exact) mass is 345 g/mol. The van der Waals surface area contributed by atoms with E-state index < -0.39 is 12.1 Å². The lowest BCUT2D eigenvalue weighted by Crippen LogP contribution is -2.37. The summed E-state index contributed by atoms with van der Waals surface area (Å²) in [5, 5.41) is 1.89. The molecule has 24 heavy (non-hydrogen) atoms. The van der Waals surface area contributed by atoms with Crippen LogP contribution in [-0.2, 0) is 11.3 Å². The summed E-state index contributed by atoms with van der Waals surface area (Å²) in [6, 6.07) is 10.1. The first-order chi connectivity index (χ1) is 11.3. The maximum atomic E-state index is 12.1. The fourth-order valence-corrected chi connectivity index (χ4v) is 2.26. The normalized spacial score (nSPS) is 13.1. The van der Waals surface area contributed by atoms with Gasteiger partial charge in [-0.25, -0.2) is 0 Å². The highest BCUT2D eigenvalue weighted by Gasteiger charge is 2.38. The second-order valence-corrected chi connectivity index (χ2v) is 5.99. The molecule has 1 rings (SSSR count). The largest absolute Gasteiger partial charge is 0.471 e. The van der Waals surface area contributed by atoms with Gasteiger partial charge in [0.15, 0.2) is 0 Å². The molecule has 0 saturated carbocycles. The zero-order valence-electron chi connectivity index (χ0n) is 14.0. The zero-order chi connectivity index (χ0) is 18.0. The van der Waals surface area contributed by atoms with Crippen LogP contribution in [0.2, 0.25) is 0 Å². The number of carbonyl (C=O) groups excluding carboxylic acids is 1. The van der Waals surface area contributed by atoms with Gasteiger partial charge < -0.3 is 11.1 Å². The second-order valence-electron chi connectivity index (χ2n) is 5.99. The van der Waals surface area contributed by atoms with Gasteiger partial charge in [-0.3, -0.25) is 9.69 Å². The van der Waals surface area contributed by atoms with Crippen LogP contribution in [0.25, 0.3) is 0 Å². The van der Waals surface area contributed by atoms with Gasteiger partial charge in [-0.2, -0.15) is 13.2 Å². The Hall–Kier alpha value is -1.60. The predicted octanol–water partition coefficient (Wildman–Crippen LogP) is 2.68. The van der Waals surface area contributed by atoms with Crippen molar-refractivity contribution in [1.82, 2.24) is 10.2 Å². The van der Waals surface area contributed by atoms with Crippen LogP contribution in [0.5, 0.6) is 0 Å². The summed E-state index contributed by atoms with van der Waals surface area (Å²) in [6.45, 7) is 4.35. The van der Waals surface area contributed by atoms with Crippen molar-refractivity contribution in [2.75, 3.05) is 19.6 Å². The van der Waals surface area contributed by atoms with E-state index in [9.17, 15) is 18.0 Å². The number of hydrogen-bond donors (Lipinski definition) is 2. The number of amides is 1. The first-order valence-electron chi connectivity index (χ1n) is 8.16. The topological polar surface area (TPSA) is 58.4 Å². The molecule has 0 aromatic heterocycles. The minimum atomic E-state index is -4.81. The predicted molar refractivity (Wildman–Crippen MR) is 88.3 cm³/mol. The zero-order valence-corrected chi connectivity index (χ0v) is 14.0. The Kier molecular flexibility index (Phi) is 8.78. The molecule has 1 amide bonds. The molecule has 0 heterocycles. The van der Waals surface area contributed by atoms with Crippen LogP contribution in [0.3, 0.4) is 0 Å². The summed E-state index contributed by atoms with van der Waals surface area (Å²) in [7, 11) is 0. The third kappa shape index (κ3) is 8.88. The number of nitrogens with two attached hydrogens (primary N) is 1. The van der Waals surface area contributed by atoms with Crippen LogP contribution in [0.15, 0.2) is 30.3 Å². The average molecular weight is 345 g/mol. The summed E-state index contributed by atoms with van der Waals surface area (Å²) in [6.07, 6.45) is -2.73. The molecule has 0 saturated heterocycles. The molecule has 0 aliphatic rings. The molecule has 0 radical (unpaired) electrons. The SMILES string of the molecule is C[C@@H](N)CCN(CCCCNC(=O)C(F)(F)F)Cc1ccccc1. The maximum absolute atomic E-state index is 12.1. The molecule has 1 atom stereocenters. The lowest BCUT2D eigenvalue weighted by atomic mass is 10.1. The number of carbonyl (C=O) groups is 1. The fourth-order valence-electron chi connectivity index (χ4n) is 2.26. The molecule has 4 nitrogen and oxygen atoms in total. The van der Waals surface area contributed by atoms with Crippen LogP contribution in [0.4, 0.5) is 13.2 Å². The van der Waals surface area contributed by atoms with Crippen molar-refractivity contribution in [3.05, 3.63) is 35.9 Å². The first-order valence-corrected chi connectivity index (χ1v) is 8.16. The third-order valence-corrected chi connectivity index (χ3v) is 3.59. The van der Waals surface area contributed by atoms with Gasteiger partial charge in [-0.15, -0.1) is 0 Å². The molecule has 0 spiro atoms. The second kappa shape index (κ2) is 10.3. The fraction of sp³-hybridized carbons (Fsp3) is 0.588. The Balaban J connectivity index is 2.35. The molecule has 3 N–H and O–H groups in total. The average Bonchev–Trinajstić information content (AvgIpc) is 2.51. The number of nitrogens with zero attached hydrogens (tertiary/aromatic N) is 1. The van der Waals surface area contributed by atoms with Crippen LogP contribution < -0.4 is 11.1 Å². The van der Waals surface area contributed by atoms with Gasteiger partial charge in [0.1, 0.15) is 0 Å². The van der Waals surface area contributed by atoms with Crippen molar-refractivity contribution >= 4 is 5.91 Å². The molecule has 0 aliphatic carbocycles. The summed E-state index contributed by atoms with van der Waals surface area (Å²) >= 11 is 0. The van der Waals surface area contributed by atoms with Crippen LogP contribution in [0, 0.1) is 0 Å². The lowest BCUT2D eigenvalue weighted by molar-refractivity contribution is -0.173. The van der Waals surface area contributed by atoms with Crippen molar-refractivity contribution < 1.29 is 18.0 Å². The van der Waals surface area contributed by atoms with Gasteiger partial charge in [-0.05, 0) is 44.8 Å². The summed E-state index contributed by atoms with van der Waals surface area (Å²) in [5.41, 5.74) is 6.99. The van der Waals surface area contributed by atoms with Gasteiger partial charge in [0.2, 0.25) is 0 Å². The number of benzene rings is 1. The minimum absolute atomic E-state index is 0.0326. The van der Waals surface area contributed by atoms with Crippen LogP contribution in [-0.4, -0.2) is 42.7 Å². The molecule has 0 bridgehead atoms. The standard InChI is InChI=1S/C17H26F3N3O/c1-14(21)9-12-23(13-15-7-3-2-4-8-15)11-6-5-10-22-16(24)17(18,19)20/h2-4,7-8,14H,5-6,9-13,21H2,1H3,(H,22,24)/t14-/m1/s1. The highest BCUT2D eigenvalue weighted by Crippen LogP contribution is 2.14. The first kappa shape index (κ1) is 20.4. The Labute approximate surface area is 141 Å². The van der Waals surface area contributed by atoms with E-state index in [1.54, 1.807) is 0 Å². The quantitative estimate of drug-likeness (QED) is 0.641. The van der Waals surface area contributed by atoms with E-state index in [2.05, 4.69) is 4.90 Å². The Morgan fingerprint density at radius 3 is 2.46 bits per heavy atom. The van der Waals surface area contributed by atoms with E-state index in [0.29, 0.717) is 12.8 Å². The molecular formula is C17H26F3N3O. The molecule has 0 aliphatic heterocycles. The molecule has 0 unspecified atom stereocenters. The van der Waals surface area contributed by atoms with Gasteiger partial charge in [0.25, 0.3) is 0 Å². The number of alkyl halides is 3. The number of nitrogens with one attached hydrogen (secondary N) is 1. The number of rotatable bonds is 10. The number of halogens is 3.